The third-order valence-electron chi connectivity index (χ3n) is 13.3. The molecular formula is C32H48O5. The second kappa shape index (κ2) is 8.18. The van der Waals surface area contributed by atoms with E-state index in [0.29, 0.717) is 18.8 Å². The van der Waals surface area contributed by atoms with Gasteiger partial charge in [-0.2, -0.15) is 0 Å². The molecule has 0 aromatic carbocycles. The molecule has 5 aliphatic carbocycles. The van der Waals surface area contributed by atoms with Crippen molar-refractivity contribution in [3.05, 3.63) is 11.6 Å². The van der Waals surface area contributed by atoms with Gasteiger partial charge in [0.05, 0.1) is 12.5 Å². The van der Waals surface area contributed by atoms with Crippen molar-refractivity contribution in [2.24, 2.45) is 50.2 Å². The number of ether oxygens (including phenoxy) is 2. The van der Waals surface area contributed by atoms with E-state index in [9.17, 15) is 14.4 Å². The highest BCUT2D eigenvalue weighted by Gasteiger charge is 2.71. The van der Waals surface area contributed by atoms with Crippen LogP contribution < -0.4 is 0 Å². The number of methoxy groups -OCH3 is 1. The molecule has 5 aliphatic rings. The van der Waals surface area contributed by atoms with Crippen molar-refractivity contribution >= 4 is 18.2 Å². The van der Waals surface area contributed by atoms with Gasteiger partial charge in [0.1, 0.15) is 0 Å². The van der Waals surface area contributed by atoms with Crippen molar-refractivity contribution in [1.82, 2.24) is 0 Å². The second-order valence-electron chi connectivity index (χ2n) is 15.3. The van der Waals surface area contributed by atoms with Gasteiger partial charge in [0.15, 0.2) is 11.9 Å². The minimum Gasteiger partial charge on any atom is -0.469 e. The monoisotopic (exact) mass is 512 g/mol. The van der Waals surface area contributed by atoms with Crippen LogP contribution in [0.2, 0.25) is 0 Å². The molecular weight excluding hydrogens is 464 g/mol. The van der Waals surface area contributed by atoms with E-state index in [1.807, 2.05) is 0 Å². The van der Waals surface area contributed by atoms with Gasteiger partial charge < -0.3 is 9.47 Å². The molecule has 5 rings (SSSR count). The maximum Gasteiger partial charge on any atom is 0.312 e. The summed E-state index contributed by atoms with van der Waals surface area (Å²) < 4.78 is 10.9. The lowest BCUT2D eigenvalue weighted by Gasteiger charge is -2.72. The van der Waals surface area contributed by atoms with Crippen LogP contribution >= 0.6 is 0 Å². The molecule has 8 atom stereocenters. The third-order valence-corrected chi connectivity index (χ3v) is 13.3. The lowest BCUT2D eigenvalue weighted by Crippen LogP contribution is -2.68. The van der Waals surface area contributed by atoms with Gasteiger partial charge in [-0.3, -0.25) is 14.4 Å². The van der Waals surface area contributed by atoms with Gasteiger partial charge in [-0.15, -0.1) is 0 Å². The van der Waals surface area contributed by atoms with Crippen LogP contribution in [-0.4, -0.2) is 31.4 Å². The molecule has 0 radical (unpaired) electrons. The molecule has 0 spiro atoms. The zero-order valence-electron chi connectivity index (χ0n) is 24.4. The first-order valence-electron chi connectivity index (χ1n) is 14.6. The molecule has 1 unspecified atom stereocenters. The molecule has 4 fully saturated rings. The molecule has 4 saturated carbocycles. The van der Waals surface area contributed by atoms with Crippen molar-refractivity contribution in [3.63, 3.8) is 0 Å². The molecule has 206 valence electrons. The Kier molecular flexibility index (Phi) is 5.95. The average Bonchev–Trinajstić information content (AvgIpc) is 2.83. The van der Waals surface area contributed by atoms with E-state index in [1.165, 1.54) is 5.57 Å². The first kappa shape index (κ1) is 26.9. The van der Waals surface area contributed by atoms with Crippen LogP contribution in [-0.2, 0) is 23.9 Å². The maximum atomic E-state index is 13.4. The van der Waals surface area contributed by atoms with Gasteiger partial charge in [0.25, 0.3) is 6.47 Å². The molecule has 5 heteroatoms. The summed E-state index contributed by atoms with van der Waals surface area (Å²) in [5.74, 6) is 0.976. The van der Waals surface area contributed by atoms with E-state index in [4.69, 9.17) is 9.47 Å². The molecule has 0 saturated heterocycles. The number of rotatable bonds is 3. The van der Waals surface area contributed by atoms with Crippen molar-refractivity contribution in [2.45, 2.75) is 112 Å². The van der Waals surface area contributed by atoms with E-state index in [-0.39, 0.29) is 50.7 Å². The molecule has 37 heavy (non-hydrogen) atoms. The standard InChI is InChI=1S/C32H48O5/c1-27(2)15-16-32(26(35)36-8)14-10-21-20(22(32)17-27)9-13-31(7)29(21,5)12-11-24-28(3,4)25(34)23(37-19-33)18-30(24,31)6/h9,19,21-24H,10-18H2,1-8H3/t21-,22+,23?,24+,29+,30+,31+,32-/m1/s1. The fraction of sp³-hybridized carbons (Fsp3) is 0.844. The van der Waals surface area contributed by atoms with Gasteiger partial charge in [0, 0.05) is 5.41 Å². The number of carbonyl (C=O) groups excluding carboxylic acids is 3. The Labute approximate surface area is 223 Å². The first-order valence-corrected chi connectivity index (χ1v) is 14.6. The molecule has 5 nitrogen and oxygen atoms in total. The predicted octanol–water partition coefficient (Wildman–Crippen LogP) is 6.68. The van der Waals surface area contributed by atoms with Crippen LogP contribution in [0.3, 0.4) is 0 Å². The molecule has 0 heterocycles. The van der Waals surface area contributed by atoms with Gasteiger partial charge in [-0.05, 0) is 97.2 Å². The smallest absolute Gasteiger partial charge is 0.312 e. The number of fused-ring (bicyclic) bond motifs is 7. The SMILES string of the molecule is COC(=O)[C@@]12CC[C@@H]3C(=CC[C@@]4(C)[C@@]3(C)CC[C@H]3C(C)(C)C(=O)C(OC=O)C[C@@]34C)[C@@H]1CC(C)(C)CC2. The topological polar surface area (TPSA) is 69.7 Å². The van der Waals surface area contributed by atoms with Gasteiger partial charge in [-0.1, -0.05) is 60.1 Å². The van der Waals surface area contributed by atoms with Crippen LogP contribution in [0.25, 0.3) is 0 Å². The predicted molar refractivity (Wildman–Crippen MR) is 142 cm³/mol. The quantitative estimate of drug-likeness (QED) is 0.240. The third kappa shape index (κ3) is 3.30. The Morgan fingerprint density at radius 1 is 0.919 bits per heavy atom. The summed E-state index contributed by atoms with van der Waals surface area (Å²) in [5.41, 5.74) is 0.663. The Hall–Kier alpha value is -1.65. The maximum absolute atomic E-state index is 13.4. The summed E-state index contributed by atoms with van der Waals surface area (Å²) in [6.07, 6.45) is 10.4. The lowest BCUT2D eigenvalue weighted by atomic mass is 9.32. The van der Waals surface area contributed by atoms with Gasteiger partial charge >= 0.3 is 5.97 Å². The number of hydrogen-bond donors (Lipinski definition) is 0. The van der Waals surface area contributed by atoms with Crippen LogP contribution in [0.5, 0.6) is 0 Å². The highest BCUT2D eigenvalue weighted by molar-refractivity contribution is 5.90. The normalized spacial score (nSPS) is 47.8. The molecule has 0 amide bonds. The van der Waals surface area contributed by atoms with E-state index in [0.717, 1.165) is 51.4 Å². The highest BCUT2D eigenvalue weighted by atomic mass is 16.5. The number of carbonyl (C=O) groups is 3. The van der Waals surface area contributed by atoms with Crippen molar-refractivity contribution in [2.75, 3.05) is 7.11 Å². The fourth-order valence-corrected chi connectivity index (χ4v) is 10.8. The Bertz CT molecular complexity index is 1040. The summed E-state index contributed by atoms with van der Waals surface area (Å²) in [6, 6.07) is 0. The molecule has 0 N–H and O–H groups in total. The molecule has 0 aromatic rings. The fourth-order valence-electron chi connectivity index (χ4n) is 10.8. The highest BCUT2D eigenvalue weighted by Crippen LogP contribution is 2.76. The molecule has 0 bridgehead atoms. The number of esters is 1. The largest absolute Gasteiger partial charge is 0.469 e. The van der Waals surface area contributed by atoms with E-state index >= 15 is 0 Å². The summed E-state index contributed by atoms with van der Waals surface area (Å²) in [6.45, 7) is 16.7. The van der Waals surface area contributed by atoms with E-state index < -0.39 is 11.5 Å². The lowest BCUT2D eigenvalue weighted by molar-refractivity contribution is -0.225. The first-order chi connectivity index (χ1) is 17.1. The molecule has 0 aliphatic heterocycles. The van der Waals surface area contributed by atoms with Crippen LogP contribution in [0.4, 0.5) is 0 Å². The van der Waals surface area contributed by atoms with Crippen LogP contribution in [0, 0.1) is 50.2 Å². The van der Waals surface area contributed by atoms with Crippen molar-refractivity contribution < 1.29 is 23.9 Å². The Balaban J connectivity index is 1.61. The number of allylic oxidation sites excluding steroid dienone is 2. The minimum atomic E-state index is -0.671. The van der Waals surface area contributed by atoms with E-state index in [2.05, 4.69) is 54.5 Å². The van der Waals surface area contributed by atoms with Crippen molar-refractivity contribution in [3.8, 4) is 0 Å². The summed E-state index contributed by atoms with van der Waals surface area (Å²) in [4.78, 5) is 38.1. The Morgan fingerprint density at radius 3 is 2.27 bits per heavy atom. The van der Waals surface area contributed by atoms with E-state index in [1.54, 1.807) is 7.11 Å². The second-order valence-corrected chi connectivity index (χ2v) is 15.3. The van der Waals surface area contributed by atoms with Gasteiger partial charge in [-0.25, -0.2) is 0 Å². The number of Topliss-reactive ketones (excluding diaryl/α,β-unsaturated/α-hetero) is 1. The van der Waals surface area contributed by atoms with Crippen LogP contribution in [0.15, 0.2) is 11.6 Å². The summed E-state index contributed by atoms with van der Waals surface area (Å²) in [5, 5.41) is 0. The zero-order chi connectivity index (χ0) is 27.2. The summed E-state index contributed by atoms with van der Waals surface area (Å²) in [7, 11) is 1.56. The molecule has 0 aromatic heterocycles. The Morgan fingerprint density at radius 2 is 1.62 bits per heavy atom. The average molecular weight is 513 g/mol. The number of ketones is 1. The van der Waals surface area contributed by atoms with Crippen LogP contribution in [0.1, 0.15) is 106 Å². The minimum absolute atomic E-state index is 0.0112. The van der Waals surface area contributed by atoms with Gasteiger partial charge in [0.2, 0.25) is 0 Å². The van der Waals surface area contributed by atoms with Crippen molar-refractivity contribution in [1.29, 1.82) is 0 Å². The summed E-state index contributed by atoms with van der Waals surface area (Å²) >= 11 is 0. The zero-order valence-corrected chi connectivity index (χ0v) is 24.4. The number of hydrogen-bond acceptors (Lipinski definition) is 5.